The number of nitrogens with zero attached hydrogens (tertiary/aromatic N) is 5. The molecule has 8 nitrogen and oxygen atoms in total. The van der Waals surface area contributed by atoms with E-state index in [1.54, 1.807) is 11.6 Å². The van der Waals surface area contributed by atoms with Crippen molar-refractivity contribution in [3.05, 3.63) is 48.2 Å². The molecule has 0 atom stereocenters. The SMILES string of the molecule is COc1cc(Nc2ncnn3ccc(C)c23)cc(-c2noc(C(C)C)n2)c1. The van der Waals surface area contributed by atoms with E-state index in [1.807, 2.05) is 51.2 Å². The summed E-state index contributed by atoms with van der Waals surface area (Å²) in [4.78, 5) is 8.86. The molecule has 3 aromatic heterocycles. The zero-order valence-corrected chi connectivity index (χ0v) is 15.6. The van der Waals surface area contributed by atoms with Gasteiger partial charge in [0.05, 0.1) is 7.11 Å². The zero-order valence-electron chi connectivity index (χ0n) is 15.6. The number of nitrogens with one attached hydrogen (secondary N) is 1. The highest BCUT2D eigenvalue weighted by Crippen LogP contribution is 2.30. The molecule has 0 amide bonds. The fraction of sp³-hybridized carbons (Fsp3) is 0.263. The molecule has 3 heterocycles. The number of aromatic nitrogens is 5. The Morgan fingerprint density at radius 2 is 2.07 bits per heavy atom. The smallest absolute Gasteiger partial charge is 0.229 e. The molecule has 0 radical (unpaired) electrons. The number of anilines is 2. The van der Waals surface area contributed by atoms with E-state index < -0.39 is 0 Å². The first-order chi connectivity index (χ1) is 13.0. The average molecular weight is 364 g/mol. The molecule has 0 saturated heterocycles. The van der Waals surface area contributed by atoms with E-state index >= 15 is 0 Å². The predicted octanol–water partition coefficient (Wildman–Crippen LogP) is 3.96. The van der Waals surface area contributed by atoms with Crippen LogP contribution in [-0.4, -0.2) is 31.8 Å². The van der Waals surface area contributed by atoms with Crippen molar-refractivity contribution in [3.63, 3.8) is 0 Å². The molecule has 0 fully saturated rings. The van der Waals surface area contributed by atoms with E-state index in [0.29, 0.717) is 23.3 Å². The van der Waals surface area contributed by atoms with Crippen molar-refractivity contribution in [2.45, 2.75) is 26.7 Å². The second-order valence-electron chi connectivity index (χ2n) is 6.59. The Bertz CT molecular complexity index is 1100. The van der Waals surface area contributed by atoms with E-state index in [9.17, 15) is 0 Å². The first-order valence-corrected chi connectivity index (χ1v) is 8.64. The van der Waals surface area contributed by atoms with Gasteiger partial charge in [-0.05, 0) is 30.7 Å². The summed E-state index contributed by atoms with van der Waals surface area (Å²) in [5.41, 5.74) is 3.61. The quantitative estimate of drug-likeness (QED) is 0.573. The summed E-state index contributed by atoms with van der Waals surface area (Å²) in [7, 11) is 1.62. The van der Waals surface area contributed by atoms with Crippen molar-refractivity contribution in [3.8, 4) is 17.1 Å². The maximum absolute atomic E-state index is 5.44. The fourth-order valence-corrected chi connectivity index (χ4v) is 2.84. The van der Waals surface area contributed by atoms with Gasteiger partial charge in [-0.1, -0.05) is 19.0 Å². The molecule has 0 aliphatic carbocycles. The first kappa shape index (κ1) is 17.0. The van der Waals surface area contributed by atoms with Crippen molar-refractivity contribution in [1.29, 1.82) is 0 Å². The summed E-state index contributed by atoms with van der Waals surface area (Å²) in [6, 6.07) is 7.70. The van der Waals surface area contributed by atoms with Crippen LogP contribution in [0.15, 0.2) is 41.3 Å². The molecule has 4 aromatic rings. The van der Waals surface area contributed by atoms with Gasteiger partial charge in [-0.2, -0.15) is 10.1 Å². The minimum atomic E-state index is 0.168. The third kappa shape index (κ3) is 3.21. The van der Waals surface area contributed by atoms with Crippen LogP contribution in [0.1, 0.15) is 31.2 Å². The highest BCUT2D eigenvalue weighted by atomic mass is 16.5. The summed E-state index contributed by atoms with van der Waals surface area (Å²) in [6.07, 6.45) is 3.42. The van der Waals surface area contributed by atoms with Gasteiger partial charge in [-0.25, -0.2) is 9.50 Å². The Hall–Kier alpha value is -3.42. The van der Waals surface area contributed by atoms with Gasteiger partial charge in [0.25, 0.3) is 0 Å². The van der Waals surface area contributed by atoms with Crippen LogP contribution in [0, 0.1) is 6.92 Å². The van der Waals surface area contributed by atoms with Gasteiger partial charge in [-0.15, -0.1) is 0 Å². The topological polar surface area (TPSA) is 90.4 Å². The molecule has 8 heteroatoms. The first-order valence-electron chi connectivity index (χ1n) is 8.64. The highest BCUT2D eigenvalue weighted by molar-refractivity contribution is 5.78. The second kappa shape index (κ2) is 6.71. The zero-order chi connectivity index (χ0) is 19.0. The van der Waals surface area contributed by atoms with E-state index in [0.717, 1.165) is 22.3 Å². The Labute approximate surface area is 156 Å². The molecule has 1 aromatic carbocycles. The Balaban J connectivity index is 1.75. The number of benzene rings is 1. The van der Waals surface area contributed by atoms with Gasteiger partial charge < -0.3 is 14.6 Å². The number of hydrogen-bond donors (Lipinski definition) is 1. The molecule has 0 aliphatic heterocycles. The molecule has 0 spiro atoms. The van der Waals surface area contributed by atoms with Gasteiger partial charge >= 0.3 is 0 Å². The molecule has 0 bridgehead atoms. The van der Waals surface area contributed by atoms with Crippen LogP contribution in [0.3, 0.4) is 0 Å². The monoisotopic (exact) mass is 364 g/mol. The summed E-state index contributed by atoms with van der Waals surface area (Å²) in [5.74, 6) is 2.68. The van der Waals surface area contributed by atoms with Crippen molar-refractivity contribution in [2.75, 3.05) is 12.4 Å². The summed E-state index contributed by atoms with van der Waals surface area (Å²) in [5, 5.41) is 11.7. The number of rotatable bonds is 5. The summed E-state index contributed by atoms with van der Waals surface area (Å²) >= 11 is 0. The number of fused-ring (bicyclic) bond motifs is 1. The van der Waals surface area contributed by atoms with E-state index in [1.165, 1.54) is 6.33 Å². The van der Waals surface area contributed by atoms with Gasteiger partial charge in [0.2, 0.25) is 11.7 Å². The second-order valence-corrected chi connectivity index (χ2v) is 6.59. The molecule has 0 unspecified atom stereocenters. The summed E-state index contributed by atoms with van der Waals surface area (Å²) < 4.78 is 12.6. The fourth-order valence-electron chi connectivity index (χ4n) is 2.84. The number of methoxy groups -OCH3 is 1. The Morgan fingerprint density at radius 3 is 2.81 bits per heavy atom. The third-order valence-corrected chi connectivity index (χ3v) is 4.25. The van der Waals surface area contributed by atoms with E-state index in [-0.39, 0.29) is 5.92 Å². The molecular formula is C19H20N6O2. The molecule has 1 N–H and O–H groups in total. The molecular weight excluding hydrogens is 344 g/mol. The van der Waals surface area contributed by atoms with Crippen molar-refractivity contribution in [2.24, 2.45) is 0 Å². The lowest BCUT2D eigenvalue weighted by atomic mass is 10.1. The lowest BCUT2D eigenvalue weighted by Crippen LogP contribution is -2.01. The standard InChI is InChI=1S/C19H20N6O2/c1-11(2)19-23-17(24-27-19)13-7-14(9-15(8-13)26-4)22-18-16-12(3)5-6-25(16)21-10-20-18/h5-11H,1-4H3,(H,20,21,22). The normalized spacial score (nSPS) is 11.3. The maximum Gasteiger partial charge on any atom is 0.229 e. The largest absolute Gasteiger partial charge is 0.497 e. The van der Waals surface area contributed by atoms with Crippen LogP contribution in [0.25, 0.3) is 16.9 Å². The van der Waals surface area contributed by atoms with Gasteiger partial charge in [0.15, 0.2) is 5.82 Å². The lowest BCUT2D eigenvalue weighted by Gasteiger charge is -2.11. The Kier molecular flexibility index (Phi) is 4.23. The number of aryl methyl sites for hydroxylation is 1. The summed E-state index contributed by atoms with van der Waals surface area (Å²) in [6.45, 7) is 6.04. The lowest BCUT2D eigenvalue weighted by molar-refractivity contribution is 0.365. The van der Waals surface area contributed by atoms with Crippen molar-refractivity contribution >= 4 is 17.0 Å². The number of hydrogen-bond acceptors (Lipinski definition) is 7. The van der Waals surface area contributed by atoms with Crippen LogP contribution in [-0.2, 0) is 0 Å². The Morgan fingerprint density at radius 1 is 1.22 bits per heavy atom. The number of ether oxygens (including phenoxy) is 1. The average Bonchev–Trinajstić information content (AvgIpc) is 3.30. The van der Waals surface area contributed by atoms with Crippen LogP contribution in [0.2, 0.25) is 0 Å². The van der Waals surface area contributed by atoms with Gasteiger partial charge in [-0.3, -0.25) is 0 Å². The third-order valence-electron chi connectivity index (χ3n) is 4.25. The highest BCUT2D eigenvalue weighted by Gasteiger charge is 2.14. The minimum absolute atomic E-state index is 0.168. The molecule has 27 heavy (non-hydrogen) atoms. The van der Waals surface area contributed by atoms with E-state index in [4.69, 9.17) is 9.26 Å². The van der Waals surface area contributed by atoms with Crippen molar-refractivity contribution in [1.82, 2.24) is 24.7 Å². The minimum Gasteiger partial charge on any atom is -0.497 e. The van der Waals surface area contributed by atoms with E-state index in [2.05, 4.69) is 25.5 Å². The molecule has 4 rings (SSSR count). The maximum atomic E-state index is 5.44. The molecule has 138 valence electrons. The van der Waals surface area contributed by atoms with Crippen LogP contribution in [0.4, 0.5) is 11.5 Å². The van der Waals surface area contributed by atoms with Crippen LogP contribution >= 0.6 is 0 Å². The van der Waals surface area contributed by atoms with Crippen LogP contribution < -0.4 is 10.1 Å². The van der Waals surface area contributed by atoms with Crippen LogP contribution in [0.5, 0.6) is 5.75 Å². The molecule has 0 saturated carbocycles. The predicted molar refractivity (Wildman–Crippen MR) is 101 cm³/mol. The van der Waals surface area contributed by atoms with Gasteiger partial charge in [0, 0.05) is 29.4 Å². The molecule has 0 aliphatic rings. The van der Waals surface area contributed by atoms with Crippen molar-refractivity contribution < 1.29 is 9.26 Å². The van der Waals surface area contributed by atoms with Gasteiger partial charge in [0.1, 0.15) is 17.6 Å².